The SMILES string of the molecule is CCC(C)C(C(CC(=O)N1CCCC1C(OC)C(C)C(O)NC(Cc1ccccc1)C(=O)O)OC)N(C)C(=O)C(NC(=O)C(C(C)C)N(C)CCc1ccc(N(C)C)cc1)C(C)C. The Morgan fingerprint density at radius 3 is 2.03 bits per heavy atom. The molecule has 0 spiro atoms. The molecule has 1 fully saturated rings. The van der Waals surface area contributed by atoms with Crippen LogP contribution in [0.2, 0.25) is 0 Å². The van der Waals surface area contributed by atoms with Crippen LogP contribution in [0.5, 0.6) is 0 Å². The molecule has 10 atom stereocenters. The molecule has 0 aromatic heterocycles. The van der Waals surface area contributed by atoms with E-state index in [1.165, 1.54) is 5.56 Å². The molecule has 2 aromatic rings. The number of ether oxygens (including phenoxy) is 2. The van der Waals surface area contributed by atoms with Crippen molar-refractivity contribution in [1.29, 1.82) is 0 Å². The standard InChI is InChI=1S/C49H80N6O8/c1-14-33(6)44(54(11)48(59)42(31(2)3)51-47(58)43(32(4)5)53(10)28-26-35-22-24-37(25-23-35)52(8)9)40(62-12)30-41(56)55-27-18-21-39(55)45(63-13)34(7)46(57)50-38(49(60)61)29-36-19-16-15-17-20-36/h15-17,19-20,22-25,31-34,38-40,42-46,50,57H,14,18,21,26-30H2,1-13H3,(H,51,58)(H,60,61). The van der Waals surface area contributed by atoms with E-state index in [0.29, 0.717) is 19.5 Å². The van der Waals surface area contributed by atoms with E-state index in [0.717, 1.165) is 30.5 Å². The van der Waals surface area contributed by atoms with Gasteiger partial charge in [0.25, 0.3) is 0 Å². The summed E-state index contributed by atoms with van der Waals surface area (Å²) in [6.45, 7) is 14.9. The topological polar surface area (TPSA) is 164 Å². The maximum atomic E-state index is 14.6. The molecule has 354 valence electrons. The van der Waals surface area contributed by atoms with E-state index in [9.17, 15) is 29.4 Å². The van der Waals surface area contributed by atoms with Crippen LogP contribution in [0.25, 0.3) is 0 Å². The van der Waals surface area contributed by atoms with E-state index in [-0.39, 0.29) is 54.4 Å². The van der Waals surface area contributed by atoms with Crippen molar-refractivity contribution >= 4 is 29.4 Å². The summed E-state index contributed by atoms with van der Waals surface area (Å²) in [5, 5.41) is 27.3. The molecule has 3 rings (SSSR count). The Balaban J connectivity index is 1.75. The molecule has 1 heterocycles. The van der Waals surface area contributed by atoms with Crippen LogP contribution in [0.4, 0.5) is 5.69 Å². The Kier molecular flexibility index (Phi) is 21.5. The van der Waals surface area contributed by atoms with Crippen LogP contribution < -0.4 is 15.5 Å². The van der Waals surface area contributed by atoms with Gasteiger partial charge in [0.15, 0.2) is 0 Å². The largest absolute Gasteiger partial charge is 0.480 e. The highest BCUT2D eigenvalue weighted by atomic mass is 16.5. The molecular formula is C49H80N6O8. The normalized spacial score (nSPS) is 18.6. The molecule has 0 saturated carbocycles. The third-order valence-corrected chi connectivity index (χ3v) is 13.1. The highest BCUT2D eigenvalue weighted by Gasteiger charge is 2.43. The molecular weight excluding hydrogens is 801 g/mol. The van der Waals surface area contributed by atoms with Gasteiger partial charge in [0.05, 0.1) is 36.8 Å². The first-order valence-electron chi connectivity index (χ1n) is 22.9. The van der Waals surface area contributed by atoms with Crippen molar-refractivity contribution in [3.05, 3.63) is 65.7 Å². The third kappa shape index (κ3) is 14.7. The van der Waals surface area contributed by atoms with Gasteiger partial charge >= 0.3 is 5.97 Å². The molecule has 14 nitrogen and oxygen atoms in total. The van der Waals surface area contributed by atoms with Crippen LogP contribution in [0, 0.1) is 23.7 Å². The lowest BCUT2D eigenvalue weighted by molar-refractivity contribution is -0.148. The fourth-order valence-electron chi connectivity index (χ4n) is 9.18. The number of aliphatic hydroxyl groups is 1. The Morgan fingerprint density at radius 2 is 1.51 bits per heavy atom. The number of aliphatic carboxylic acids is 1. The number of anilines is 1. The number of likely N-dealkylation sites (tertiary alicyclic amines) is 1. The smallest absolute Gasteiger partial charge is 0.321 e. The number of nitrogens with zero attached hydrogens (tertiary/aromatic N) is 4. The number of carboxylic acids is 1. The highest BCUT2D eigenvalue weighted by molar-refractivity contribution is 5.90. The van der Waals surface area contributed by atoms with Gasteiger partial charge in [0, 0.05) is 60.1 Å². The molecule has 10 unspecified atom stereocenters. The van der Waals surface area contributed by atoms with Crippen molar-refractivity contribution in [2.24, 2.45) is 23.7 Å². The summed E-state index contributed by atoms with van der Waals surface area (Å²) in [6.07, 6.45) is 0.568. The van der Waals surface area contributed by atoms with E-state index >= 15 is 0 Å². The molecule has 1 saturated heterocycles. The third-order valence-electron chi connectivity index (χ3n) is 13.1. The minimum Gasteiger partial charge on any atom is -0.480 e. The maximum Gasteiger partial charge on any atom is 0.321 e. The van der Waals surface area contributed by atoms with Crippen molar-refractivity contribution < 1.29 is 38.9 Å². The Hall–Kier alpha value is -4.08. The summed E-state index contributed by atoms with van der Waals surface area (Å²) in [5.41, 5.74) is 3.13. The number of hydrogen-bond acceptors (Lipinski definition) is 10. The number of amides is 3. The number of rotatable bonds is 26. The fourth-order valence-corrected chi connectivity index (χ4v) is 9.18. The average molecular weight is 881 g/mol. The van der Waals surface area contributed by atoms with Crippen LogP contribution in [-0.4, -0.2) is 153 Å². The predicted molar refractivity (Wildman–Crippen MR) is 249 cm³/mol. The minimum atomic E-state index is -1.23. The van der Waals surface area contributed by atoms with Crippen LogP contribution >= 0.6 is 0 Å². The number of nitrogens with one attached hydrogen (secondary N) is 2. The number of likely N-dealkylation sites (N-methyl/N-ethyl adjacent to an activating group) is 2. The quantitative estimate of drug-likeness (QED) is 0.0950. The Bertz CT molecular complexity index is 1710. The number of carboxylic acid groups (broad SMARTS) is 1. The molecule has 1 aliphatic heterocycles. The molecule has 3 amide bonds. The first kappa shape index (κ1) is 53.3. The lowest BCUT2D eigenvalue weighted by atomic mass is 9.89. The molecule has 0 bridgehead atoms. The molecule has 63 heavy (non-hydrogen) atoms. The number of methoxy groups -OCH3 is 2. The van der Waals surface area contributed by atoms with Crippen LogP contribution in [0.3, 0.4) is 0 Å². The second-order valence-corrected chi connectivity index (χ2v) is 18.6. The number of hydrogen-bond donors (Lipinski definition) is 4. The summed E-state index contributed by atoms with van der Waals surface area (Å²) in [7, 11) is 10.8. The van der Waals surface area contributed by atoms with Crippen molar-refractivity contribution in [1.82, 2.24) is 25.3 Å². The second kappa shape index (κ2) is 25.4. The molecule has 1 aliphatic rings. The highest BCUT2D eigenvalue weighted by Crippen LogP contribution is 2.30. The van der Waals surface area contributed by atoms with Gasteiger partial charge in [-0.15, -0.1) is 0 Å². The van der Waals surface area contributed by atoms with Crippen molar-refractivity contribution in [3.63, 3.8) is 0 Å². The van der Waals surface area contributed by atoms with E-state index in [2.05, 4.69) is 44.7 Å². The fraction of sp³-hybridized carbons (Fsp3) is 0.673. The summed E-state index contributed by atoms with van der Waals surface area (Å²) < 4.78 is 12.1. The number of carbonyl (C=O) groups is 4. The van der Waals surface area contributed by atoms with Crippen LogP contribution in [-0.2, 0) is 41.5 Å². The van der Waals surface area contributed by atoms with Gasteiger partial charge in [-0.3, -0.25) is 29.4 Å². The lowest BCUT2D eigenvalue weighted by Gasteiger charge is -2.41. The first-order valence-corrected chi connectivity index (χ1v) is 22.9. The van der Waals surface area contributed by atoms with Crippen molar-refractivity contribution in [2.45, 2.75) is 136 Å². The molecule has 14 heteroatoms. The summed E-state index contributed by atoms with van der Waals surface area (Å²) in [4.78, 5) is 62.9. The summed E-state index contributed by atoms with van der Waals surface area (Å²) >= 11 is 0. The maximum absolute atomic E-state index is 14.6. The number of carbonyl (C=O) groups excluding carboxylic acids is 3. The Labute approximate surface area is 378 Å². The average Bonchev–Trinajstić information content (AvgIpc) is 3.74. The van der Waals surface area contributed by atoms with E-state index < -0.39 is 54.5 Å². The minimum absolute atomic E-state index is 0.000202. The monoisotopic (exact) mass is 881 g/mol. The first-order chi connectivity index (χ1) is 29.8. The molecule has 0 aliphatic carbocycles. The van der Waals surface area contributed by atoms with E-state index in [1.807, 2.05) is 93.0 Å². The zero-order valence-corrected chi connectivity index (χ0v) is 40.4. The van der Waals surface area contributed by atoms with Gasteiger partial charge in [0.2, 0.25) is 17.7 Å². The van der Waals surface area contributed by atoms with Gasteiger partial charge in [-0.25, -0.2) is 0 Å². The van der Waals surface area contributed by atoms with E-state index in [1.54, 1.807) is 38.0 Å². The zero-order chi connectivity index (χ0) is 47.1. The molecule has 0 radical (unpaired) electrons. The zero-order valence-electron chi connectivity index (χ0n) is 40.4. The van der Waals surface area contributed by atoms with E-state index in [4.69, 9.17) is 9.47 Å². The number of aliphatic hydroxyl groups excluding tert-OH is 1. The van der Waals surface area contributed by atoms with Gasteiger partial charge < -0.3 is 39.7 Å². The predicted octanol–water partition coefficient (Wildman–Crippen LogP) is 4.92. The number of benzene rings is 2. The van der Waals surface area contributed by atoms with Crippen LogP contribution in [0.15, 0.2) is 54.6 Å². The van der Waals surface area contributed by atoms with Gasteiger partial charge in [-0.05, 0) is 73.7 Å². The summed E-state index contributed by atoms with van der Waals surface area (Å²) in [5.74, 6) is -2.54. The molecule has 4 N–H and O–H groups in total. The lowest BCUT2D eigenvalue weighted by Crippen LogP contribution is -2.60. The van der Waals surface area contributed by atoms with Crippen LogP contribution in [0.1, 0.15) is 85.3 Å². The molecule has 2 aromatic carbocycles. The van der Waals surface area contributed by atoms with Gasteiger partial charge in [0.1, 0.15) is 18.3 Å². The summed E-state index contributed by atoms with van der Waals surface area (Å²) in [6, 6.07) is 14.5. The van der Waals surface area contributed by atoms with Crippen molar-refractivity contribution in [3.8, 4) is 0 Å². The van der Waals surface area contributed by atoms with Crippen molar-refractivity contribution in [2.75, 3.05) is 60.4 Å². The second-order valence-electron chi connectivity index (χ2n) is 18.6. The van der Waals surface area contributed by atoms with Gasteiger partial charge in [-0.1, -0.05) is 97.4 Å². The Morgan fingerprint density at radius 1 is 0.873 bits per heavy atom. The van der Waals surface area contributed by atoms with Gasteiger partial charge in [-0.2, -0.15) is 0 Å².